The van der Waals surface area contributed by atoms with Crippen LogP contribution in [0.5, 0.6) is 0 Å². The van der Waals surface area contributed by atoms with E-state index in [9.17, 15) is 4.79 Å². The Balaban J connectivity index is 1.67. The maximum Gasteiger partial charge on any atom is 0.225 e. The molecule has 0 saturated carbocycles. The fourth-order valence-corrected chi connectivity index (χ4v) is 4.22. The van der Waals surface area contributed by atoms with Gasteiger partial charge in [0.05, 0.1) is 0 Å². The van der Waals surface area contributed by atoms with Crippen LogP contribution in [0.1, 0.15) is 60.9 Å². The normalized spacial score (nSPS) is 12.7. The van der Waals surface area contributed by atoms with Crippen molar-refractivity contribution in [1.29, 1.82) is 0 Å². The summed E-state index contributed by atoms with van der Waals surface area (Å²) in [7, 11) is 0. The zero-order valence-electron chi connectivity index (χ0n) is 19.6. The summed E-state index contributed by atoms with van der Waals surface area (Å²) < 4.78 is 0. The average Bonchev–Trinajstić information content (AvgIpc) is 3.18. The summed E-state index contributed by atoms with van der Waals surface area (Å²) in [6.07, 6.45) is 2.43. The summed E-state index contributed by atoms with van der Waals surface area (Å²) in [5, 5.41) is 4.27. The Morgan fingerprint density at radius 2 is 1.66 bits per heavy atom. The first-order valence-corrected chi connectivity index (χ1v) is 11.3. The highest BCUT2D eigenvalue weighted by molar-refractivity contribution is 5.93. The fraction of sp³-hybridized carbons (Fsp3) is 0.276. The maximum absolute atomic E-state index is 13.1. The molecule has 1 aromatic heterocycles. The van der Waals surface area contributed by atoms with Crippen LogP contribution in [0.2, 0.25) is 0 Å². The van der Waals surface area contributed by atoms with Gasteiger partial charge in [-0.15, -0.1) is 0 Å². The number of hydrogen-bond donors (Lipinski definition) is 2. The van der Waals surface area contributed by atoms with Gasteiger partial charge in [0, 0.05) is 35.1 Å². The molecule has 0 aliphatic rings. The summed E-state index contributed by atoms with van der Waals surface area (Å²) in [5.41, 5.74) is 8.02. The number of para-hydroxylation sites is 1. The van der Waals surface area contributed by atoms with Crippen molar-refractivity contribution in [3.63, 3.8) is 0 Å². The Kier molecular flexibility index (Phi) is 5.92. The molecule has 1 heterocycles. The van der Waals surface area contributed by atoms with Crippen molar-refractivity contribution in [1.82, 2.24) is 4.98 Å². The third kappa shape index (κ3) is 4.62. The number of hydrogen-bond acceptors (Lipinski definition) is 1. The Morgan fingerprint density at radius 3 is 2.34 bits per heavy atom. The summed E-state index contributed by atoms with van der Waals surface area (Å²) in [6, 6.07) is 23.1. The molecule has 0 saturated heterocycles. The fourth-order valence-electron chi connectivity index (χ4n) is 4.22. The molecular weight excluding hydrogens is 392 g/mol. The van der Waals surface area contributed by atoms with Crippen molar-refractivity contribution in [2.24, 2.45) is 0 Å². The van der Waals surface area contributed by atoms with Crippen LogP contribution < -0.4 is 5.32 Å². The number of H-pyrrole nitrogens is 1. The van der Waals surface area contributed by atoms with E-state index < -0.39 is 0 Å². The number of aryl methyl sites for hydroxylation is 2. The van der Waals surface area contributed by atoms with Crippen LogP contribution in [-0.2, 0) is 10.2 Å². The molecule has 3 aromatic carbocycles. The van der Waals surface area contributed by atoms with Crippen LogP contribution in [0, 0.1) is 13.8 Å². The molecule has 0 unspecified atom stereocenters. The lowest BCUT2D eigenvalue weighted by molar-refractivity contribution is -0.116. The number of benzene rings is 3. The first-order chi connectivity index (χ1) is 15.2. The molecule has 4 aromatic rings. The van der Waals surface area contributed by atoms with Crippen LogP contribution in [0.25, 0.3) is 10.9 Å². The van der Waals surface area contributed by atoms with E-state index in [4.69, 9.17) is 0 Å². The first kappa shape index (κ1) is 21.9. The van der Waals surface area contributed by atoms with Crippen LogP contribution in [0.3, 0.4) is 0 Å². The number of aromatic amines is 1. The molecule has 1 atom stereocenters. The lowest BCUT2D eigenvalue weighted by Crippen LogP contribution is -2.17. The van der Waals surface area contributed by atoms with E-state index in [1.54, 1.807) is 0 Å². The van der Waals surface area contributed by atoms with Gasteiger partial charge in [0.2, 0.25) is 5.91 Å². The molecule has 0 aliphatic carbocycles. The molecular formula is C29H32N2O. The molecule has 0 aliphatic heterocycles. The van der Waals surface area contributed by atoms with E-state index in [1.165, 1.54) is 16.7 Å². The first-order valence-electron chi connectivity index (χ1n) is 11.3. The predicted octanol–water partition coefficient (Wildman–Crippen LogP) is 7.24. The van der Waals surface area contributed by atoms with E-state index in [0.717, 1.165) is 27.7 Å². The van der Waals surface area contributed by atoms with Gasteiger partial charge in [-0.1, -0.05) is 69.3 Å². The van der Waals surface area contributed by atoms with E-state index in [0.29, 0.717) is 6.42 Å². The molecule has 1 amide bonds. The van der Waals surface area contributed by atoms with Crippen LogP contribution >= 0.6 is 0 Å². The number of amides is 1. The van der Waals surface area contributed by atoms with Crippen molar-refractivity contribution in [2.75, 3.05) is 5.32 Å². The molecule has 32 heavy (non-hydrogen) atoms. The van der Waals surface area contributed by atoms with Gasteiger partial charge in [-0.25, -0.2) is 0 Å². The van der Waals surface area contributed by atoms with Gasteiger partial charge in [0.1, 0.15) is 0 Å². The van der Waals surface area contributed by atoms with Gasteiger partial charge in [0.15, 0.2) is 0 Å². The standard InChI is InChI=1S/C29H32N2O/c1-19-10-15-23(16-20(19)2)31-28(32)17-25(21-11-13-22(14-12-21)29(3,4)5)26-18-30-27-9-7-6-8-24(26)27/h6-16,18,25,30H,17H2,1-5H3,(H,31,32)/t25-/m1/s1. The predicted molar refractivity (Wildman–Crippen MR) is 134 cm³/mol. The largest absolute Gasteiger partial charge is 0.361 e. The highest BCUT2D eigenvalue weighted by Crippen LogP contribution is 2.35. The molecule has 0 radical (unpaired) electrons. The van der Waals surface area contributed by atoms with Crippen LogP contribution in [0.15, 0.2) is 72.9 Å². The molecule has 2 N–H and O–H groups in total. The van der Waals surface area contributed by atoms with E-state index in [1.807, 2.05) is 24.3 Å². The molecule has 0 fully saturated rings. The SMILES string of the molecule is Cc1ccc(NC(=O)C[C@H](c2ccc(C(C)(C)C)cc2)c2c[nH]c3ccccc23)cc1C. The number of anilines is 1. The van der Waals surface area contributed by atoms with Crippen molar-refractivity contribution < 1.29 is 4.79 Å². The molecule has 4 rings (SSSR count). The zero-order chi connectivity index (χ0) is 22.9. The topological polar surface area (TPSA) is 44.9 Å². The number of fused-ring (bicyclic) bond motifs is 1. The number of rotatable bonds is 5. The van der Waals surface area contributed by atoms with Gasteiger partial charge >= 0.3 is 0 Å². The summed E-state index contributed by atoms with van der Waals surface area (Å²) in [5.74, 6) is -0.0184. The van der Waals surface area contributed by atoms with Crippen molar-refractivity contribution >= 4 is 22.5 Å². The Morgan fingerprint density at radius 1 is 0.938 bits per heavy atom. The number of carbonyl (C=O) groups excluding carboxylic acids is 1. The second kappa shape index (κ2) is 8.66. The van der Waals surface area contributed by atoms with Crippen LogP contribution in [-0.4, -0.2) is 10.9 Å². The second-order valence-corrected chi connectivity index (χ2v) is 9.77. The second-order valence-electron chi connectivity index (χ2n) is 9.77. The van der Waals surface area contributed by atoms with Gasteiger partial charge in [0.25, 0.3) is 0 Å². The molecule has 0 bridgehead atoms. The quantitative estimate of drug-likeness (QED) is 0.348. The summed E-state index contributed by atoms with van der Waals surface area (Å²) in [4.78, 5) is 16.5. The average molecular weight is 425 g/mol. The monoisotopic (exact) mass is 424 g/mol. The van der Waals surface area contributed by atoms with Crippen LogP contribution in [0.4, 0.5) is 5.69 Å². The van der Waals surface area contributed by atoms with Gasteiger partial charge in [-0.05, 0) is 65.3 Å². The third-order valence-electron chi connectivity index (χ3n) is 6.36. The number of nitrogens with one attached hydrogen (secondary N) is 2. The van der Waals surface area contributed by atoms with Crippen molar-refractivity contribution in [3.05, 3.63) is 101 Å². The van der Waals surface area contributed by atoms with Gasteiger partial charge in [-0.3, -0.25) is 4.79 Å². The molecule has 0 spiro atoms. The highest BCUT2D eigenvalue weighted by Gasteiger charge is 2.22. The van der Waals surface area contributed by atoms with Gasteiger partial charge in [-0.2, -0.15) is 0 Å². The van der Waals surface area contributed by atoms with E-state index >= 15 is 0 Å². The third-order valence-corrected chi connectivity index (χ3v) is 6.36. The van der Waals surface area contributed by atoms with E-state index in [2.05, 4.69) is 93.6 Å². The molecule has 3 nitrogen and oxygen atoms in total. The molecule has 164 valence electrons. The van der Waals surface area contributed by atoms with Crippen molar-refractivity contribution in [2.45, 2.75) is 52.4 Å². The van der Waals surface area contributed by atoms with Gasteiger partial charge < -0.3 is 10.3 Å². The minimum Gasteiger partial charge on any atom is -0.361 e. The highest BCUT2D eigenvalue weighted by atomic mass is 16.1. The Hall–Kier alpha value is -3.33. The zero-order valence-corrected chi connectivity index (χ0v) is 19.6. The summed E-state index contributed by atoms with van der Waals surface area (Å²) >= 11 is 0. The van der Waals surface area contributed by atoms with E-state index in [-0.39, 0.29) is 17.2 Å². The minimum absolute atomic E-state index is 0.0171. The minimum atomic E-state index is -0.0355. The number of aromatic nitrogens is 1. The Bertz CT molecular complexity index is 1240. The smallest absolute Gasteiger partial charge is 0.225 e. The number of carbonyl (C=O) groups is 1. The lowest BCUT2D eigenvalue weighted by Gasteiger charge is -2.22. The van der Waals surface area contributed by atoms with Crippen molar-refractivity contribution in [3.8, 4) is 0 Å². The molecule has 3 heteroatoms. The Labute approximate surface area is 190 Å². The lowest BCUT2D eigenvalue weighted by atomic mass is 9.83. The maximum atomic E-state index is 13.1. The summed E-state index contributed by atoms with van der Waals surface area (Å²) in [6.45, 7) is 10.8.